The Hall–Kier alpha value is -3.98. The summed E-state index contributed by atoms with van der Waals surface area (Å²) in [6.07, 6.45) is 4.74. The number of rotatable bonds is 6. The van der Waals surface area contributed by atoms with E-state index in [9.17, 15) is 13.2 Å². The molecular formula is C27H27N5O3S. The van der Waals surface area contributed by atoms with Crippen LogP contribution in [-0.4, -0.2) is 34.5 Å². The molecule has 0 radical (unpaired) electrons. The highest BCUT2D eigenvalue weighted by Gasteiger charge is 2.30. The molecule has 2 aromatic carbocycles. The number of nitrogen functional groups attached to an aromatic ring is 1. The molecule has 8 nitrogen and oxygen atoms in total. The number of nitrogens with zero attached hydrogens (tertiary/aromatic N) is 2. The van der Waals surface area contributed by atoms with E-state index in [-0.39, 0.29) is 11.2 Å². The molecule has 1 amide bonds. The van der Waals surface area contributed by atoms with E-state index in [4.69, 9.17) is 5.73 Å². The Morgan fingerprint density at radius 2 is 1.67 bits per heavy atom. The summed E-state index contributed by atoms with van der Waals surface area (Å²) < 4.78 is 26.1. The van der Waals surface area contributed by atoms with Crippen LogP contribution in [-0.2, 0) is 14.6 Å². The zero-order valence-corrected chi connectivity index (χ0v) is 20.7. The number of benzene rings is 2. The quantitative estimate of drug-likeness (QED) is 0.315. The van der Waals surface area contributed by atoms with Gasteiger partial charge in [0.05, 0.1) is 21.2 Å². The average Bonchev–Trinajstić information content (AvgIpc) is 3.54. The van der Waals surface area contributed by atoms with Crippen LogP contribution in [0.2, 0.25) is 0 Å². The maximum Gasteiger partial charge on any atom is 0.250 e. The van der Waals surface area contributed by atoms with Gasteiger partial charge in [0.15, 0.2) is 9.84 Å². The summed E-state index contributed by atoms with van der Waals surface area (Å²) in [5.41, 5.74) is 11.1. The fourth-order valence-electron chi connectivity index (χ4n) is 4.71. The van der Waals surface area contributed by atoms with Crippen LogP contribution in [0.3, 0.4) is 0 Å². The first kappa shape index (κ1) is 23.7. The van der Waals surface area contributed by atoms with Gasteiger partial charge in [-0.3, -0.25) is 4.79 Å². The molecule has 36 heavy (non-hydrogen) atoms. The van der Waals surface area contributed by atoms with E-state index >= 15 is 0 Å². The number of aromatic amines is 1. The van der Waals surface area contributed by atoms with Crippen molar-refractivity contribution in [3.8, 4) is 22.4 Å². The molecule has 0 atom stereocenters. The molecule has 1 aliphatic carbocycles. The summed E-state index contributed by atoms with van der Waals surface area (Å²) in [4.78, 5) is 24.1. The second-order valence-corrected chi connectivity index (χ2v) is 11.4. The molecule has 0 spiro atoms. The lowest BCUT2D eigenvalue weighted by Gasteiger charge is -2.12. The molecule has 0 saturated heterocycles. The third kappa shape index (κ3) is 4.26. The van der Waals surface area contributed by atoms with Gasteiger partial charge >= 0.3 is 0 Å². The Bertz CT molecular complexity index is 1570. The lowest BCUT2D eigenvalue weighted by Crippen LogP contribution is -2.17. The minimum absolute atomic E-state index is 0.246. The summed E-state index contributed by atoms with van der Waals surface area (Å²) in [5.74, 6) is 0.0789. The van der Waals surface area contributed by atoms with Crippen LogP contribution >= 0.6 is 0 Å². The van der Waals surface area contributed by atoms with E-state index in [1.165, 1.54) is 6.33 Å². The van der Waals surface area contributed by atoms with Crippen molar-refractivity contribution >= 4 is 38.3 Å². The predicted octanol–water partition coefficient (Wildman–Crippen LogP) is 5.11. The number of aromatic nitrogens is 3. The molecule has 5 rings (SSSR count). The molecule has 1 fully saturated rings. The molecule has 0 bridgehead atoms. The van der Waals surface area contributed by atoms with Gasteiger partial charge < -0.3 is 16.0 Å². The third-order valence-electron chi connectivity index (χ3n) is 6.65. The monoisotopic (exact) mass is 501 g/mol. The van der Waals surface area contributed by atoms with Gasteiger partial charge in [0.2, 0.25) is 0 Å². The second kappa shape index (κ2) is 9.23. The van der Waals surface area contributed by atoms with E-state index in [0.29, 0.717) is 45.8 Å². The number of carbonyl (C=O) groups excluding carboxylic acids is 1. The first-order chi connectivity index (χ1) is 17.3. The van der Waals surface area contributed by atoms with Gasteiger partial charge in [0, 0.05) is 16.8 Å². The van der Waals surface area contributed by atoms with Gasteiger partial charge in [-0.1, -0.05) is 43.7 Å². The van der Waals surface area contributed by atoms with Crippen LogP contribution in [0.15, 0.2) is 71.9 Å². The van der Waals surface area contributed by atoms with Gasteiger partial charge in [-0.2, -0.15) is 0 Å². The first-order valence-electron chi connectivity index (χ1n) is 11.8. The number of anilines is 2. The average molecular weight is 502 g/mol. The molecule has 0 aliphatic heterocycles. The van der Waals surface area contributed by atoms with Crippen molar-refractivity contribution in [2.45, 2.75) is 42.8 Å². The Balaban J connectivity index is 1.57. The van der Waals surface area contributed by atoms with E-state index < -0.39 is 9.84 Å². The summed E-state index contributed by atoms with van der Waals surface area (Å²) in [6, 6.07) is 14.3. The maximum atomic E-state index is 13.1. The molecule has 9 heteroatoms. The van der Waals surface area contributed by atoms with Crippen LogP contribution in [0.5, 0.6) is 0 Å². The Labute approximate surface area is 209 Å². The van der Waals surface area contributed by atoms with Gasteiger partial charge in [-0.25, -0.2) is 18.4 Å². The Kier molecular flexibility index (Phi) is 6.09. The lowest BCUT2D eigenvalue weighted by atomic mass is 9.99. The van der Waals surface area contributed by atoms with Crippen molar-refractivity contribution in [2.24, 2.45) is 0 Å². The fraction of sp³-hybridized carbons (Fsp3) is 0.222. The maximum absolute atomic E-state index is 13.1. The number of amides is 1. The van der Waals surface area contributed by atoms with E-state index in [0.717, 1.165) is 35.2 Å². The predicted molar refractivity (Wildman–Crippen MR) is 142 cm³/mol. The number of sulfone groups is 1. The largest absolute Gasteiger partial charge is 0.383 e. The van der Waals surface area contributed by atoms with Crippen LogP contribution in [0, 0.1) is 0 Å². The van der Waals surface area contributed by atoms with Gasteiger partial charge in [-0.05, 0) is 55.2 Å². The Morgan fingerprint density at radius 3 is 2.31 bits per heavy atom. The number of nitrogens with two attached hydrogens (primary N) is 1. The van der Waals surface area contributed by atoms with Crippen LogP contribution < -0.4 is 11.1 Å². The van der Waals surface area contributed by atoms with Crippen LogP contribution in [0.1, 0.15) is 32.6 Å². The molecule has 4 aromatic rings. The molecule has 184 valence electrons. The first-order valence-corrected chi connectivity index (χ1v) is 13.3. The number of fused-ring (bicyclic) bond motifs is 1. The zero-order chi connectivity index (χ0) is 25.4. The van der Waals surface area contributed by atoms with Gasteiger partial charge in [0.1, 0.15) is 17.8 Å². The summed E-state index contributed by atoms with van der Waals surface area (Å²) in [6.45, 7) is 5.31. The Morgan fingerprint density at radius 1 is 1.03 bits per heavy atom. The van der Waals surface area contributed by atoms with Crippen molar-refractivity contribution < 1.29 is 13.2 Å². The summed E-state index contributed by atoms with van der Waals surface area (Å²) in [5, 5.41) is 3.16. The van der Waals surface area contributed by atoms with Crippen molar-refractivity contribution in [1.82, 2.24) is 15.0 Å². The molecule has 0 unspecified atom stereocenters. The minimum atomic E-state index is -3.36. The third-order valence-corrected chi connectivity index (χ3v) is 8.93. The standard InChI is InChI=1S/C27H27N5O3S/c1-16(2)27(33)31-19-11-7-18(8-12-19)24-22(23-25(28)29-15-30-26(23)32-24)17-9-13-21(14-10-17)36(34,35)20-5-3-4-6-20/h7-15,20H,1,3-6H2,2H3,(H,31,33)(H3,28,29,30,32). The second-order valence-electron chi connectivity index (χ2n) is 9.15. The van der Waals surface area contributed by atoms with E-state index in [1.807, 2.05) is 24.3 Å². The highest BCUT2D eigenvalue weighted by molar-refractivity contribution is 7.92. The molecule has 1 saturated carbocycles. The summed E-state index contributed by atoms with van der Waals surface area (Å²) in [7, 11) is -3.36. The van der Waals surface area contributed by atoms with Gasteiger partial charge in [-0.15, -0.1) is 0 Å². The molecule has 1 aliphatic rings. The molecule has 4 N–H and O–H groups in total. The minimum Gasteiger partial charge on any atom is -0.383 e. The molecule has 2 aromatic heterocycles. The molecule has 2 heterocycles. The number of hydrogen-bond acceptors (Lipinski definition) is 6. The zero-order valence-electron chi connectivity index (χ0n) is 19.9. The van der Waals surface area contributed by atoms with E-state index in [2.05, 4.69) is 26.8 Å². The van der Waals surface area contributed by atoms with Crippen molar-refractivity contribution in [3.63, 3.8) is 0 Å². The molecular weight excluding hydrogens is 474 g/mol. The number of hydrogen-bond donors (Lipinski definition) is 3. The topological polar surface area (TPSA) is 131 Å². The fourth-order valence-corrected chi connectivity index (χ4v) is 6.57. The highest BCUT2D eigenvalue weighted by atomic mass is 32.2. The SMILES string of the molecule is C=C(C)C(=O)Nc1ccc(-c2[nH]c3ncnc(N)c3c2-c2ccc(S(=O)(=O)C3CCCC3)cc2)cc1. The number of carbonyl (C=O) groups is 1. The van der Waals surface area contributed by atoms with E-state index in [1.54, 1.807) is 31.2 Å². The van der Waals surface area contributed by atoms with Crippen LogP contribution in [0.25, 0.3) is 33.4 Å². The highest BCUT2D eigenvalue weighted by Crippen LogP contribution is 2.40. The number of nitrogens with one attached hydrogen (secondary N) is 2. The van der Waals surface area contributed by atoms with Crippen molar-refractivity contribution in [1.29, 1.82) is 0 Å². The van der Waals surface area contributed by atoms with Crippen molar-refractivity contribution in [2.75, 3.05) is 11.1 Å². The smallest absolute Gasteiger partial charge is 0.250 e. The van der Waals surface area contributed by atoms with Crippen LogP contribution in [0.4, 0.5) is 11.5 Å². The lowest BCUT2D eigenvalue weighted by molar-refractivity contribution is -0.112. The number of H-pyrrole nitrogens is 1. The normalized spacial score (nSPS) is 14.2. The van der Waals surface area contributed by atoms with Crippen molar-refractivity contribution in [3.05, 3.63) is 67.0 Å². The summed E-state index contributed by atoms with van der Waals surface area (Å²) >= 11 is 0. The van der Waals surface area contributed by atoms with Gasteiger partial charge in [0.25, 0.3) is 5.91 Å².